The molecule has 1 aliphatic heterocycles. The Morgan fingerprint density at radius 3 is 2.33 bits per heavy atom. The third kappa shape index (κ3) is 12.5. The molecular formula is C31H51NO7. The maximum absolute atomic E-state index is 11.5. The average molecular weight is 550 g/mol. The molecule has 3 unspecified atom stereocenters. The molecule has 0 aromatic rings. The van der Waals surface area contributed by atoms with Gasteiger partial charge in [-0.15, -0.1) is 0 Å². The molecular weight excluding hydrogens is 498 g/mol. The lowest BCUT2D eigenvalue weighted by Crippen LogP contribution is -2.41. The first-order chi connectivity index (χ1) is 18.3. The van der Waals surface area contributed by atoms with E-state index in [4.69, 9.17) is 15.2 Å². The monoisotopic (exact) mass is 549 g/mol. The first-order valence-electron chi connectivity index (χ1n) is 14.1. The third-order valence-electron chi connectivity index (χ3n) is 7.58. The molecule has 39 heavy (non-hydrogen) atoms. The molecule has 5 N–H and O–H groups in total. The molecule has 1 heterocycles. The highest BCUT2D eigenvalue weighted by molar-refractivity contribution is 5.70. The number of hydrogen-bond acceptors (Lipinski definition) is 7. The fourth-order valence-corrected chi connectivity index (χ4v) is 5.34. The molecule has 0 spiro atoms. The number of carbonyl (C=O) groups excluding carboxylic acids is 2. The number of cyclic esters (lactones) is 1. The molecule has 1 rings (SSSR count). The van der Waals surface area contributed by atoms with E-state index < -0.39 is 30.5 Å². The van der Waals surface area contributed by atoms with Gasteiger partial charge in [0.25, 0.3) is 0 Å². The minimum Gasteiger partial charge on any atom is -0.462 e. The predicted molar refractivity (Wildman–Crippen MR) is 153 cm³/mol. The smallest absolute Gasteiger partial charge is 0.404 e. The molecule has 0 aromatic carbocycles. The summed E-state index contributed by atoms with van der Waals surface area (Å²) in [5, 5.41) is 32.2. The summed E-state index contributed by atoms with van der Waals surface area (Å²) in [6.45, 7) is 15.1. The number of amides is 1. The van der Waals surface area contributed by atoms with Crippen molar-refractivity contribution in [3.8, 4) is 0 Å². The van der Waals surface area contributed by atoms with E-state index in [0.717, 1.165) is 18.4 Å². The Morgan fingerprint density at radius 1 is 1.08 bits per heavy atom. The number of ether oxygens (including phenoxy) is 2. The van der Waals surface area contributed by atoms with Crippen LogP contribution in [0.1, 0.15) is 73.6 Å². The maximum atomic E-state index is 11.5. The highest BCUT2D eigenvalue weighted by atomic mass is 16.6. The SMILES string of the molecule is C=CC=C[C@H](C)[C@H](OC(N)=O)[C@@H](C)[C@H](O)[C@@H](C)CC(C)=CC(C)C(O)C(C)C=C[C@@H](O)C[C@H]1CCCC(=O)O1. The van der Waals surface area contributed by atoms with Gasteiger partial charge in [0.2, 0.25) is 0 Å². The first kappa shape index (κ1) is 34.6. The number of hydrogen-bond donors (Lipinski definition) is 4. The molecule has 1 fully saturated rings. The quantitative estimate of drug-likeness (QED) is 0.123. The predicted octanol–water partition coefficient (Wildman–Crippen LogP) is 4.83. The van der Waals surface area contributed by atoms with Gasteiger partial charge in [-0.1, -0.05) is 83.2 Å². The van der Waals surface area contributed by atoms with Crippen molar-refractivity contribution >= 4 is 12.1 Å². The highest BCUT2D eigenvalue weighted by Crippen LogP contribution is 2.29. The summed E-state index contributed by atoms with van der Waals surface area (Å²) >= 11 is 0. The fraction of sp³-hybridized carbons (Fsp3) is 0.677. The average Bonchev–Trinajstić information content (AvgIpc) is 2.87. The van der Waals surface area contributed by atoms with E-state index in [0.29, 0.717) is 19.3 Å². The summed E-state index contributed by atoms with van der Waals surface area (Å²) < 4.78 is 10.6. The van der Waals surface area contributed by atoms with Gasteiger partial charge in [-0.05, 0) is 32.1 Å². The van der Waals surface area contributed by atoms with E-state index in [1.54, 1.807) is 24.3 Å². The normalized spacial score (nSPS) is 23.8. The lowest BCUT2D eigenvalue weighted by atomic mass is 9.81. The van der Waals surface area contributed by atoms with Gasteiger partial charge >= 0.3 is 12.1 Å². The summed E-state index contributed by atoms with van der Waals surface area (Å²) in [4.78, 5) is 22.9. The maximum Gasteiger partial charge on any atom is 0.404 e. The zero-order valence-electron chi connectivity index (χ0n) is 24.5. The number of esters is 1. The van der Waals surface area contributed by atoms with Crippen LogP contribution in [0, 0.1) is 29.6 Å². The van der Waals surface area contributed by atoms with Crippen molar-refractivity contribution in [1.29, 1.82) is 0 Å². The Balaban J connectivity index is 2.71. The van der Waals surface area contributed by atoms with Crippen molar-refractivity contribution in [2.24, 2.45) is 35.3 Å². The van der Waals surface area contributed by atoms with E-state index in [1.807, 2.05) is 53.7 Å². The Bertz CT molecular complexity index is 867. The van der Waals surface area contributed by atoms with Crippen molar-refractivity contribution in [2.45, 2.75) is 104 Å². The van der Waals surface area contributed by atoms with E-state index in [-0.39, 0.29) is 41.7 Å². The van der Waals surface area contributed by atoms with Gasteiger partial charge in [-0.2, -0.15) is 0 Å². The number of nitrogens with two attached hydrogens (primary N) is 1. The Kier molecular flexibility index (Phi) is 15.4. The second-order valence-corrected chi connectivity index (χ2v) is 11.3. The number of primary amides is 1. The van der Waals surface area contributed by atoms with Crippen molar-refractivity contribution in [3.63, 3.8) is 0 Å². The van der Waals surface area contributed by atoms with Crippen molar-refractivity contribution < 1.29 is 34.4 Å². The van der Waals surface area contributed by atoms with Gasteiger partial charge < -0.3 is 30.5 Å². The van der Waals surface area contributed by atoms with Gasteiger partial charge in [-0.25, -0.2) is 4.79 Å². The number of rotatable bonds is 16. The van der Waals surface area contributed by atoms with Crippen LogP contribution in [0.4, 0.5) is 4.79 Å². The third-order valence-corrected chi connectivity index (χ3v) is 7.58. The summed E-state index contributed by atoms with van der Waals surface area (Å²) in [5.74, 6) is -1.22. The van der Waals surface area contributed by atoms with Crippen LogP contribution in [0.15, 0.2) is 48.6 Å². The molecule has 1 aliphatic rings. The van der Waals surface area contributed by atoms with Crippen LogP contribution in [0.5, 0.6) is 0 Å². The molecule has 1 saturated heterocycles. The van der Waals surface area contributed by atoms with Gasteiger partial charge in [0.05, 0.1) is 18.3 Å². The Labute approximate surface area is 234 Å². The van der Waals surface area contributed by atoms with Crippen LogP contribution in [-0.4, -0.2) is 57.9 Å². The van der Waals surface area contributed by atoms with E-state index in [1.165, 1.54) is 0 Å². The van der Waals surface area contributed by atoms with E-state index in [9.17, 15) is 24.9 Å². The zero-order chi connectivity index (χ0) is 29.7. The van der Waals surface area contributed by atoms with Gasteiger partial charge in [0, 0.05) is 36.5 Å². The van der Waals surface area contributed by atoms with Gasteiger partial charge in [0.1, 0.15) is 12.2 Å². The Morgan fingerprint density at radius 2 is 1.74 bits per heavy atom. The number of aliphatic hydroxyl groups excluding tert-OH is 3. The molecule has 0 radical (unpaired) electrons. The van der Waals surface area contributed by atoms with Crippen molar-refractivity contribution in [3.05, 3.63) is 48.6 Å². The van der Waals surface area contributed by atoms with Crippen LogP contribution in [-0.2, 0) is 14.3 Å². The molecule has 0 aromatic heterocycles. The number of carbonyl (C=O) groups is 2. The minimum atomic E-state index is -0.877. The zero-order valence-corrected chi connectivity index (χ0v) is 24.5. The molecule has 0 saturated carbocycles. The summed E-state index contributed by atoms with van der Waals surface area (Å²) in [5.41, 5.74) is 6.32. The summed E-state index contributed by atoms with van der Waals surface area (Å²) in [7, 11) is 0. The molecule has 0 bridgehead atoms. The van der Waals surface area contributed by atoms with Crippen LogP contribution in [0.25, 0.3) is 0 Å². The van der Waals surface area contributed by atoms with Crippen molar-refractivity contribution in [1.82, 2.24) is 0 Å². The highest BCUT2D eigenvalue weighted by Gasteiger charge is 2.33. The lowest BCUT2D eigenvalue weighted by Gasteiger charge is -2.33. The molecule has 10 atom stereocenters. The molecule has 1 amide bonds. The first-order valence-corrected chi connectivity index (χ1v) is 14.1. The topological polar surface area (TPSA) is 139 Å². The van der Waals surface area contributed by atoms with E-state index in [2.05, 4.69) is 6.58 Å². The molecule has 0 aliphatic carbocycles. The fourth-order valence-electron chi connectivity index (χ4n) is 5.34. The van der Waals surface area contributed by atoms with Gasteiger partial charge in [0.15, 0.2) is 0 Å². The lowest BCUT2D eigenvalue weighted by molar-refractivity contribution is -0.154. The van der Waals surface area contributed by atoms with Crippen LogP contribution in [0.2, 0.25) is 0 Å². The minimum absolute atomic E-state index is 0.128. The summed E-state index contributed by atoms with van der Waals surface area (Å²) in [6, 6.07) is 0. The van der Waals surface area contributed by atoms with Crippen LogP contribution >= 0.6 is 0 Å². The van der Waals surface area contributed by atoms with Gasteiger partial charge in [-0.3, -0.25) is 4.79 Å². The van der Waals surface area contributed by atoms with Crippen molar-refractivity contribution in [2.75, 3.05) is 0 Å². The second-order valence-electron chi connectivity index (χ2n) is 11.3. The van der Waals surface area contributed by atoms with Crippen LogP contribution in [0.3, 0.4) is 0 Å². The van der Waals surface area contributed by atoms with Crippen LogP contribution < -0.4 is 5.73 Å². The second kappa shape index (κ2) is 17.3. The Hall–Kier alpha value is -2.42. The number of allylic oxidation sites excluding steroid dienone is 3. The molecule has 8 nitrogen and oxygen atoms in total. The summed E-state index contributed by atoms with van der Waals surface area (Å²) in [6.07, 6.45) is 9.78. The standard InChI is InChI=1S/C31H51NO7/c1-8-9-11-21(4)30(39-31(32)37)24(7)29(36)23(6)17-19(2)16-22(5)28(35)20(3)14-15-25(33)18-26-12-10-13-27(34)38-26/h8-9,11,14-16,20-26,28-30,33,35-36H,1,10,12-13,17-18H2,2-7H3,(H2,32,37)/t20?,21-,22?,23-,24-,25+,26+,28?,29+,30-/m0/s1. The van der Waals surface area contributed by atoms with E-state index >= 15 is 0 Å². The largest absolute Gasteiger partial charge is 0.462 e. The molecule has 222 valence electrons. The molecule has 8 heteroatoms. The number of aliphatic hydroxyl groups is 3.